The van der Waals surface area contributed by atoms with Crippen molar-refractivity contribution in [3.8, 4) is 0 Å². The van der Waals surface area contributed by atoms with Crippen molar-refractivity contribution in [1.29, 1.82) is 0 Å². The minimum atomic E-state index is -1.21. The fourth-order valence-corrected chi connectivity index (χ4v) is 2.52. The number of carbonyl (C=O) groups excluding carboxylic acids is 4. The molecule has 13 nitrogen and oxygen atoms in total. The van der Waals surface area contributed by atoms with Gasteiger partial charge in [-0.1, -0.05) is 6.58 Å². The van der Waals surface area contributed by atoms with E-state index in [0.717, 1.165) is 0 Å². The van der Waals surface area contributed by atoms with E-state index in [2.05, 4.69) is 27.5 Å². The van der Waals surface area contributed by atoms with Gasteiger partial charge in [-0.15, -0.1) is 0 Å². The quantitative estimate of drug-likeness (QED) is 0.189. The number of amides is 2. The summed E-state index contributed by atoms with van der Waals surface area (Å²) in [6.07, 6.45) is -3.17. The van der Waals surface area contributed by atoms with Crippen molar-refractivity contribution in [3.63, 3.8) is 0 Å². The van der Waals surface area contributed by atoms with Gasteiger partial charge in [0.25, 0.3) is 0 Å². The molecule has 0 spiro atoms. The topological polar surface area (TPSA) is 163 Å². The van der Waals surface area contributed by atoms with Gasteiger partial charge in [-0.3, -0.25) is 10.1 Å². The first-order chi connectivity index (χ1) is 16.4. The maximum absolute atomic E-state index is 12.8. The van der Waals surface area contributed by atoms with E-state index in [9.17, 15) is 19.2 Å². The van der Waals surface area contributed by atoms with Crippen LogP contribution in [0.15, 0.2) is 17.4 Å². The number of hydrogen-bond acceptors (Lipinski definition) is 10. The highest BCUT2D eigenvalue weighted by atomic mass is 16.7. The molecule has 1 fully saturated rings. The van der Waals surface area contributed by atoms with Crippen molar-refractivity contribution < 1.29 is 42.9 Å². The Bertz CT molecular complexity index is 862. The van der Waals surface area contributed by atoms with E-state index in [1.165, 1.54) is 6.92 Å². The number of ether oxygens (including phenoxy) is 5. The lowest BCUT2D eigenvalue weighted by atomic mass is 9.92. The molecule has 0 bridgehead atoms. The predicted molar refractivity (Wildman–Crippen MR) is 129 cm³/mol. The highest BCUT2D eigenvalue weighted by molar-refractivity contribution is 5.90. The Morgan fingerprint density at radius 1 is 1.03 bits per heavy atom. The summed E-state index contributed by atoms with van der Waals surface area (Å²) >= 11 is 0. The minimum absolute atomic E-state index is 0.0177. The molecule has 36 heavy (non-hydrogen) atoms. The summed E-state index contributed by atoms with van der Waals surface area (Å²) < 4.78 is 25.6. The number of esters is 1. The number of rotatable bonds is 8. The van der Waals surface area contributed by atoms with E-state index >= 15 is 0 Å². The lowest BCUT2D eigenvalue weighted by Crippen LogP contribution is -2.48. The van der Waals surface area contributed by atoms with Gasteiger partial charge in [0, 0.05) is 0 Å². The third-order valence-electron chi connectivity index (χ3n) is 4.22. The molecule has 0 aromatic rings. The lowest BCUT2D eigenvalue weighted by Gasteiger charge is -2.32. The van der Waals surface area contributed by atoms with Gasteiger partial charge < -0.3 is 34.3 Å². The van der Waals surface area contributed by atoms with E-state index in [1.54, 1.807) is 48.5 Å². The first kappa shape index (κ1) is 30.5. The van der Waals surface area contributed by atoms with Crippen LogP contribution in [-0.4, -0.2) is 73.8 Å². The molecular weight excluding hydrogens is 476 g/mol. The molecule has 0 saturated carbocycles. The second kappa shape index (κ2) is 12.5. The summed E-state index contributed by atoms with van der Waals surface area (Å²) in [7, 11) is 0. The van der Waals surface area contributed by atoms with Crippen LogP contribution in [0.1, 0.15) is 55.4 Å². The van der Waals surface area contributed by atoms with Crippen molar-refractivity contribution in [1.82, 2.24) is 16.0 Å². The third-order valence-corrected chi connectivity index (χ3v) is 4.22. The van der Waals surface area contributed by atoms with Gasteiger partial charge in [0.2, 0.25) is 0 Å². The number of hydrogen-bond donors (Lipinski definition) is 3. The van der Waals surface area contributed by atoms with Crippen LogP contribution in [0.3, 0.4) is 0 Å². The Hall–Kier alpha value is -3.51. The Labute approximate surface area is 211 Å². The van der Waals surface area contributed by atoms with E-state index in [1.807, 2.05) is 0 Å². The molecule has 1 saturated heterocycles. The highest BCUT2D eigenvalue weighted by Gasteiger charge is 2.42. The van der Waals surface area contributed by atoms with E-state index in [0.29, 0.717) is 0 Å². The van der Waals surface area contributed by atoms with Gasteiger partial charge in [0.15, 0.2) is 0 Å². The van der Waals surface area contributed by atoms with Gasteiger partial charge in [-0.2, -0.15) is 4.99 Å². The molecule has 1 rings (SSSR count). The fraction of sp³-hybridized carbons (Fsp3) is 0.696. The van der Waals surface area contributed by atoms with E-state index < -0.39 is 47.0 Å². The third kappa shape index (κ3) is 12.3. The van der Waals surface area contributed by atoms with Crippen LogP contribution in [0.2, 0.25) is 0 Å². The van der Waals surface area contributed by atoms with Crippen LogP contribution in [0.4, 0.5) is 14.4 Å². The Morgan fingerprint density at radius 3 is 2.08 bits per heavy atom. The molecule has 3 N–H and O–H groups in total. The number of nitrogens with one attached hydrogen (secondary N) is 3. The lowest BCUT2D eigenvalue weighted by molar-refractivity contribution is -0.171. The van der Waals surface area contributed by atoms with Gasteiger partial charge in [-0.05, 0) is 55.4 Å². The first-order valence-corrected chi connectivity index (χ1v) is 11.3. The van der Waals surface area contributed by atoms with Crippen LogP contribution in [0.5, 0.6) is 0 Å². The summed E-state index contributed by atoms with van der Waals surface area (Å²) in [5.41, 5.74) is -2.61. The van der Waals surface area contributed by atoms with Crippen LogP contribution < -0.4 is 16.0 Å². The monoisotopic (exact) mass is 514 g/mol. The average molecular weight is 515 g/mol. The van der Waals surface area contributed by atoms with Gasteiger partial charge >= 0.3 is 24.3 Å². The standard InChI is InChI=1S/C23H38N4O9/c1-14(26-18(29)35-21(3,4)5)24-10-16(11-25-15(2)27-19(30)36-22(6,7)8)34-17(28)23(9)12-32-20(31)33-13-23/h16,24H,1,10-13H2,2-9H3,(H,26,29)(H,25,27,30). The van der Waals surface area contributed by atoms with Gasteiger partial charge in [-0.25, -0.2) is 14.4 Å². The summed E-state index contributed by atoms with van der Waals surface area (Å²) in [6, 6.07) is 0. The van der Waals surface area contributed by atoms with Gasteiger partial charge in [0.05, 0.1) is 13.1 Å². The van der Waals surface area contributed by atoms with Crippen molar-refractivity contribution in [3.05, 3.63) is 12.4 Å². The van der Waals surface area contributed by atoms with E-state index in [-0.39, 0.29) is 38.0 Å². The van der Waals surface area contributed by atoms with Crippen molar-refractivity contribution in [2.24, 2.45) is 10.4 Å². The molecule has 0 radical (unpaired) electrons. The number of carbonyl (C=O) groups is 4. The molecule has 2 amide bonds. The molecule has 1 aliphatic rings. The maximum atomic E-state index is 12.8. The number of nitrogens with zero attached hydrogens (tertiary/aromatic N) is 1. The second-order valence-corrected chi connectivity index (χ2v) is 10.5. The van der Waals surface area contributed by atoms with Crippen LogP contribution >= 0.6 is 0 Å². The van der Waals surface area contributed by atoms with Crippen molar-refractivity contribution in [2.75, 3.05) is 26.3 Å². The zero-order chi connectivity index (χ0) is 27.7. The molecule has 13 heteroatoms. The molecular formula is C23H38N4O9. The molecule has 1 heterocycles. The number of cyclic esters (lactones) is 2. The zero-order valence-corrected chi connectivity index (χ0v) is 22.2. The molecule has 0 aliphatic carbocycles. The smallest absolute Gasteiger partial charge is 0.458 e. The summed E-state index contributed by atoms with van der Waals surface area (Å²) in [6.45, 7) is 16.8. The molecule has 0 aromatic carbocycles. The maximum Gasteiger partial charge on any atom is 0.508 e. The summed E-state index contributed by atoms with van der Waals surface area (Å²) in [5.74, 6) is -0.321. The molecule has 1 atom stereocenters. The molecule has 204 valence electrons. The van der Waals surface area contributed by atoms with Crippen molar-refractivity contribution >= 4 is 30.1 Å². The van der Waals surface area contributed by atoms with Gasteiger partial charge in [0.1, 0.15) is 47.6 Å². The molecule has 1 aliphatic heterocycles. The van der Waals surface area contributed by atoms with Crippen LogP contribution in [-0.2, 0) is 28.5 Å². The second-order valence-electron chi connectivity index (χ2n) is 10.5. The predicted octanol–water partition coefficient (Wildman–Crippen LogP) is 2.60. The molecule has 1 unspecified atom stereocenters. The summed E-state index contributed by atoms with van der Waals surface area (Å²) in [4.78, 5) is 51.7. The summed E-state index contributed by atoms with van der Waals surface area (Å²) in [5, 5.41) is 8.19. The normalized spacial score (nSPS) is 16.4. The minimum Gasteiger partial charge on any atom is -0.458 e. The highest BCUT2D eigenvalue weighted by Crippen LogP contribution is 2.24. The van der Waals surface area contributed by atoms with E-state index in [4.69, 9.17) is 23.7 Å². The van der Waals surface area contributed by atoms with Crippen LogP contribution in [0.25, 0.3) is 0 Å². The Balaban J connectivity index is 2.81. The van der Waals surface area contributed by atoms with Crippen LogP contribution in [0, 0.1) is 5.41 Å². The molecule has 0 aromatic heterocycles. The average Bonchev–Trinajstić information content (AvgIpc) is 2.69. The first-order valence-electron chi connectivity index (χ1n) is 11.3. The number of alkyl carbamates (subject to hydrolysis) is 1. The zero-order valence-electron chi connectivity index (χ0n) is 22.2. The number of aliphatic imine (C=N–C) groups is 1. The van der Waals surface area contributed by atoms with Crippen molar-refractivity contribution in [2.45, 2.75) is 72.7 Å². The largest absolute Gasteiger partial charge is 0.508 e. The Morgan fingerprint density at radius 2 is 1.56 bits per heavy atom. The Kier molecular flexibility index (Phi) is 10.6. The fourth-order valence-electron chi connectivity index (χ4n) is 2.52. The SMILES string of the molecule is C=C(NCC(CN/C(C)=N/C(=O)OC(C)(C)C)OC(=O)C1(C)COC(=O)OC1)NC(=O)OC(C)(C)C. The number of amidine groups is 1.